The Morgan fingerprint density at radius 3 is 2.72 bits per heavy atom. The molecule has 0 bridgehead atoms. The summed E-state index contributed by atoms with van der Waals surface area (Å²) in [5.74, 6) is -0.394. The number of carbonyl (C=O) groups is 1. The Morgan fingerprint density at radius 2 is 1.97 bits per heavy atom. The van der Waals surface area contributed by atoms with Crippen LogP contribution in [0.1, 0.15) is 44.1 Å². The number of aromatic nitrogens is 3. The highest BCUT2D eigenvalue weighted by atomic mass is 19.4. The number of halogens is 3. The van der Waals surface area contributed by atoms with Gasteiger partial charge in [-0.05, 0) is 29.5 Å². The summed E-state index contributed by atoms with van der Waals surface area (Å²) in [5.41, 5.74) is 1.27. The fraction of sp³-hybridized carbons (Fsp3) is 0.421. The van der Waals surface area contributed by atoms with E-state index in [1.165, 1.54) is 0 Å². The maximum Gasteiger partial charge on any atom is 0.453 e. The van der Waals surface area contributed by atoms with Crippen LogP contribution in [0.25, 0.3) is 0 Å². The molecule has 0 saturated heterocycles. The van der Waals surface area contributed by atoms with Crippen LogP contribution in [0.15, 0.2) is 29.5 Å². The van der Waals surface area contributed by atoms with E-state index < -0.39 is 18.0 Å². The van der Waals surface area contributed by atoms with Gasteiger partial charge in [0.2, 0.25) is 12.7 Å². The molecule has 2 aromatic rings. The highest BCUT2D eigenvalue weighted by molar-refractivity contribution is 6.00. The van der Waals surface area contributed by atoms with Gasteiger partial charge in [0.05, 0.1) is 0 Å². The summed E-state index contributed by atoms with van der Waals surface area (Å²) >= 11 is 0. The normalized spacial score (nSPS) is 22.2. The van der Waals surface area contributed by atoms with Gasteiger partial charge in [0.25, 0.3) is 5.82 Å². The zero-order valence-electron chi connectivity index (χ0n) is 15.6. The largest absolute Gasteiger partial charge is 0.454 e. The van der Waals surface area contributed by atoms with Gasteiger partial charge in [-0.25, -0.2) is 4.68 Å². The first-order valence-corrected chi connectivity index (χ1v) is 9.09. The fourth-order valence-electron chi connectivity index (χ4n) is 4.12. The minimum atomic E-state index is -4.70. The molecule has 5 rings (SSSR count). The van der Waals surface area contributed by atoms with Gasteiger partial charge in [-0.3, -0.25) is 4.79 Å². The number of hydrogen-bond acceptors (Lipinski definition) is 6. The lowest BCUT2D eigenvalue weighted by atomic mass is 9.73. The van der Waals surface area contributed by atoms with Crippen LogP contribution in [-0.4, -0.2) is 27.3 Å². The van der Waals surface area contributed by atoms with Gasteiger partial charge in [-0.2, -0.15) is 18.2 Å². The van der Waals surface area contributed by atoms with Crippen LogP contribution in [0.2, 0.25) is 0 Å². The van der Waals surface area contributed by atoms with Crippen LogP contribution in [-0.2, 0) is 11.0 Å². The van der Waals surface area contributed by atoms with Crippen molar-refractivity contribution >= 4 is 11.7 Å². The Hall–Kier alpha value is -3.04. The minimum absolute atomic E-state index is 0.0377. The molecule has 0 fully saturated rings. The average molecular weight is 406 g/mol. The third kappa shape index (κ3) is 2.85. The number of carbonyl (C=O) groups excluding carboxylic acids is 1. The lowest BCUT2D eigenvalue weighted by molar-refractivity contribution is -0.145. The van der Waals surface area contributed by atoms with Crippen LogP contribution in [0.4, 0.5) is 19.1 Å². The molecule has 0 amide bonds. The first-order valence-electron chi connectivity index (χ1n) is 9.09. The van der Waals surface area contributed by atoms with E-state index in [1.54, 1.807) is 18.2 Å². The fourth-order valence-corrected chi connectivity index (χ4v) is 4.12. The molecule has 10 heteroatoms. The molecule has 1 atom stereocenters. The standard InChI is InChI=1S/C19H17F3N4O3/c1-18(2)6-10-14(11(27)7-18)15(9-3-4-12-13(5-9)29-8-28-12)26-17(23-10)24-16(25-26)19(20,21)22/h3-5,15H,6-8H2,1-2H3,(H,23,24,25)/t15-/m0/s1. The van der Waals surface area contributed by atoms with Gasteiger partial charge in [-0.15, -0.1) is 5.10 Å². The molecule has 3 heterocycles. The Labute approximate surface area is 163 Å². The van der Waals surface area contributed by atoms with E-state index in [0.29, 0.717) is 41.2 Å². The lowest BCUT2D eigenvalue weighted by Crippen LogP contribution is -2.36. The van der Waals surface area contributed by atoms with Gasteiger partial charge in [-0.1, -0.05) is 19.9 Å². The van der Waals surface area contributed by atoms with Crippen LogP contribution < -0.4 is 14.8 Å². The summed E-state index contributed by atoms with van der Waals surface area (Å²) in [6.07, 6.45) is -3.89. The van der Waals surface area contributed by atoms with Crippen LogP contribution in [0.5, 0.6) is 11.5 Å². The van der Waals surface area contributed by atoms with E-state index in [0.717, 1.165) is 4.68 Å². The quantitative estimate of drug-likeness (QED) is 0.779. The van der Waals surface area contributed by atoms with Crippen molar-refractivity contribution in [3.8, 4) is 11.5 Å². The zero-order valence-corrected chi connectivity index (χ0v) is 15.6. The van der Waals surface area contributed by atoms with Crippen molar-refractivity contribution in [3.63, 3.8) is 0 Å². The van der Waals surface area contributed by atoms with E-state index in [2.05, 4.69) is 15.4 Å². The van der Waals surface area contributed by atoms with Crippen LogP contribution >= 0.6 is 0 Å². The van der Waals surface area contributed by atoms with Crippen molar-refractivity contribution in [2.75, 3.05) is 12.1 Å². The van der Waals surface area contributed by atoms with Crippen molar-refractivity contribution in [3.05, 3.63) is 40.9 Å². The lowest BCUT2D eigenvalue weighted by Gasteiger charge is -2.38. The van der Waals surface area contributed by atoms with Gasteiger partial charge in [0.15, 0.2) is 17.3 Å². The number of alkyl halides is 3. The first-order chi connectivity index (χ1) is 13.6. The number of ketones is 1. The van der Waals surface area contributed by atoms with E-state index in [4.69, 9.17) is 9.47 Å². The van der Waals surface area contributed by atoms with Crippen molar-refractivity contribution in [1.82, 2.24) is 14.8 Å². The second-order valence-electron chi connectivity index (χ2n) is 8.17. The maximum absolute atomic E-state index is 13.3. The predicted molar refractivity (Wildman–Crippen MR) is 94.4 cm³/mol. The molecule has 1 aromatic heterocycles. The molecule has 0 radical (unpaired) electrons. The number of Topliss-reactive ketones (excluding diaryl/α,β-unsaturated/α-hetero) is 1. The third-order valence-electron chi connectivity index (χ3n) is 5.30. The molecule has 1 N–H and O–H groups in total. The Kier molecular flexibility index (Phi) is 3.57. The molecule has 7 nitrogen and oxygen atoms in total. The number of nitrogens with zero attached hydrogens (tertiary/aromatic N) is 3. The number of nitrogens with one attached hydrogen (secondary N) is 1. The van der Waals surface area contributed by atoms with Gasteiger partial charge in [0.1, 0.15) is 6.04 Å². The predicted octanol–water partition coefficient (Wildman–Crippen LogP) is 3.68. The van der Waals surface area contributed by atoms with Crippen molar-refractivity contribution in [1.29, 1.82) is 0 Å². The zero-order chi connectivity index (χ0) is 20.6. The SMILES string of the molecule is CC1(C)CC(=O)C2=C(C1)Nc1nc(C(F)(F)F)nn1[C@H]2c1ccc2c(c1)OCO2. The molecule has 0 unspecified atom stereocenters. The number of allylic oxidation sites excluding steroid dienone is 2. The molecular weight excluding hydrogens is 389 g/mol. The monoisotopic (exact) mass is 406 g/mol. The summed E-state index contributed by atoms with van der Waals surface area (Å²) in [4.78, 5) is 16.7. The smallest absolute Gasteiger partial charge is 0.453 e. The molecule has 0 saturated carbocycles. The Morgan fingerprint density at radius 1 is 1.21 bits per heavy atom. The van der Waals surface area contributed by atoms with E-state index >= 15 is 0 Å². The molecule has 3 aliphatic rings. The number of ether oxygens (including phenoxy) is 2. The summed E-state index contributed by atoms with van der Waals surface area (Å²) in [5, 5.41) is 6.62. The number of hydrogen-bond donors (Lipinski definition) is 1. The number of anilines is 1. The number of fused-ring (bicyclic) bond motifs is 2. The van der Waals surface area contributed by atoms with E-state index in [1.807, 2.05) is 13.8 Å². The first kappa shape index (κ1) is 18.0. The summed E-state index contributed by atoms with van der Waals surface area (Å²) in [6, 6.07) is 4.23. The second-order valence-corrected chi connectivity index (χ2v) is 8.17. The summed E-state index contributed by atoms with van der Waals surface area (Å²) < 4.78 is 51.7. The molecule has 29 heavy (non-hydrogen) atoms. The summed E-state index contributed by atoms with van der Waals surface area (Å²) in [6.45, 7) is 3.97. The second kappa shape index (κ2) is 5.74. The molecule has 152 valence electrons. The molecule has 1 aromatic carbocycles. The van der Waals surface area contributed by atoms with Crippen molar-refractivity contribution in [2.24, 2.45) is 5.41 Å². The molecular formula is C19H17F3N4O3. The van der Waals surface area contributed by atoms with Gasteiger partial charge >= 0.3 is 6.18 Å². The van der Waals surface area contributed by atoms with Crippen molar-refractivity contribution < 1.29 is 27.4 Å². The summed E-state index contributed by atoms with van der Waals surface area (Å²) in [7, 11) is 0. The van der Waals surface area contributed by atoms with Crippen molar-refractivity contribution in [2.45, 2.75) is 38.9 Å². The topological polar surface area (TPSA) is 78.3 Å². The highest BCUT2D eigenvalue weighted by Gasteiger charge is 2.45. The maximum atomic E-state index is 13.3. The van der Waals surface area contributed by atoms with E-state index in [9.17, 15) is 18.0 Å². The van der Waals surface area contributed by atoms with Crippen LogP contribution in [0, 0.1) is 5.41 Å². The van der Waals surface area contributed by atoms with E-state index in [-0.39, 0.29) is 23.9 Å². The number of benzene rings is 1. The third-order valence-corrected chi connectivity index (χ3v) is 5.30. The average Bonchev–Trinajstić information content (AvgIpc) is 3.24. The Bertz CT molecular complexity index is 1070. The van der Waals surface area contributed by atoms with Crippen LogP contribution in [0.3, 0.4) is 0 Å². The van der Waals surface area contributed by atoms with Gasteiger partial charge in [0, 0.05) is 17.7 Å². The highest BCUT2D eigenvalue weighted by Crippen LogP contribution is 2.47. The molecule has 1 aliphatic carbocycles. The number of rotatable bonds is 1. The Balaban J connectivity index is 1.70. The minimum Gasteiger partial charge on any atom is -0.454 e. The van der Waals surface area contributed by atoms with Gasteiger partial charge < -0.3 is 14.8 Å². The molecule has 2 aliphatic heterocycles. The molecule has 0 spiro atoms.